The molecule has 0 bridgehead atoms. The quantitative estimate of drug-likeness (QED) is 0.0360. The summed E-state index contributed by atoms with van der Waals surface area (Å²) in [6.07, 6.45) is 8.65. The van der Waals surface area contributed by atoms with E-state index in [-0.39, 0.29) is 29.9 Å². The van der Waals surface area contributed by atoms with Gasteiger partial charge in [-0.15, -0.1) is 0 Å². The van der Waals surface area contributed by atoms with E-state index in [1.807, 2.05) is 11.8 Å². The molecule has 14 nitrogen and oxygen atoms in total. The van der Waals surface area contributed by atoms with Crippen molar-refractivity contribution in [2.45, 2.75) is 55.9 Å². The first kappa shape index (κ1) is 37.8. The average molecular weight is 698 g/mol. The van der Waals surface area contributed by atoms with E-state index < -0.39 is 0 Å². The Morgan fingerprint density at radius 1 is 0.878 bits per heavy atom. The van der Waals surface area contributed by atoms with Gasteiger partial charge in [-0.2, -0.15) is 16.9 Å². The molecule has 3 atom stereocenters. The highest BCUT2D eigenvalue weighted by Gasteiger charge is 2.42. The molecule has 2 fully saturated rings. The molecule has 15 heteroatoms. The molecule has 2 aliphatic rings. The Morgan fingerprint density at radius 3 is 2.27 bits per heavy atom. The number of rotatable bonds is 24. The molecule has 5 N–H and O–H groups in total. The fourth-order valence-corrected chi connectivity index (χ4v) is 6.76. The SMILES string of the molecule is O=Cc1ccc(/C=N/Nc2ccc(C(=O)NCCCOCCOCCOCCCNC(=O)CCCC[C@@H]3SC[C@@H]4NC(=O)N[C@@H]43)cn2)cc1. The molecule has 1 aromatic heterocycles. The first-order valence-electron chi connectivity index (χ1n) is 16.8. The maximum Gasteiger partial charge on any atom is 0.315 e. The van der Waals surface area contributed by atoms with Crippen molar-refractivity contribution in [3.8, 4) is 0 Å². The van der Waals surface area contributed by atoms with Crippen molar-refractivity contribution in [3.05, 3.63) is 59.3 Å². The summed E-state index contributed by atoms with van der Waals surface area (Å²) in [7, 11) is 0. The number of nitrogens with one attached hydrogen (secondary N) is 5. The van der Waals surface area contributed by atoms with E-state index >= 15 is 0 Å². The van der Waals surface area contributed by atoms with Crippen molar-refractivity contribution < 1.29 is 33.4 Å². The van der Waals surface area contributed by atoms with Gasteiger partial charge in [0, 0.05) is 55.5 Å². The zero-order valence-corrected chi connectivity index (χ0v) is 28.5. The lowest BCUT2D eigenvalue weighted by atomic mass is 10.0. The van der Waals surface area contributed by atoms with Gasteiger partial charge in [-0.3, -0.25) is 19.8 Å². The summed E-state index contributed by atoms with van der Waals surface area (Å²) in [5, 5.41) is 16.3. The number of carbonyl (C=O) groups excluding carboxylic acids is 4. The number of aromatic nitrogens is 1. The first-order chi connectivity index (χ1) is 24.0. The maximum absolute atomic E-state index is 12.3. The predicted molar refractivity (Wildman–Crippen MR) is 188 cm³/mol. The van der Waals surface area contributed by atoms with Crippen molar-refractivity contribution in [1.29, 1.82) is 0 Å². The lowest BCUT2D eigenvalue weighted by molar-refractivity contribution is -0.121. The third-order valence-electron chi connectivity index (χ3n) is 7.85. The smallest absolute Gasteiger partial charge is 0.315 e. The summed E-state index contributed by atoms with van der Waals surface area (Å²) in [6, 6.07) is 10.7. The van der Waals surface area contributed by atoms with Gasteiger partial charge in [-0.1, -0.05) is 30.7 Å². The number of hydrogen-bond donors (Lipinski definition) is 5. The predicted octanol–water partition coefficient (Wildman–Crippen LogP) is 2.74. The Labute approximate surface area is 291 Å². The van der Waals surface area contributed by atoms with E-state index in [1.54, 1.807) is 42.6 Å². The molecule has 266 valence electrons. The lowest BCUT2D eigenvalue weighted by Gasteiger charge is -2.16. The number of pyridine rings is 1. The fourth-order valence-electron chi connectivity index (χ4n) is 5.21. The zero-order valence-electron chi connectivity index (χ0n) is 27.7. The molecule has 49 heavy (non-hydrogen) atoms. The van der Waals surface area contributed by atoms with Crippen LogP contribution in [0.2, 0.25) is 0 Å². The molecule has 0 spiro atoms. The van der Waals surface area contributed by atoms with Gasteiger partial charge in [0.15, 0.2) is 0 Å². The van der Waals surface area contributed by atoms with Crippen LogP contribution in [0.1, 0.15) is 64.8 Å². The van der Waals surface area contributed by atoms with Gasteiger partial charge in [0.2, 0.25) is 5.91 Å². The van der Waals surface area contributed by atoms with E-state index in [0.717, 1.165) is 43.3 Å². The van der Waals surface area contributed by atoms with Gasteiger partial charge < -0.3 is 35.5 Å². The first-order valence-corrected chi connectivity index (χ1v) is 17.8. The Bertz CT molecular complexity index is 1350. The van der Waals surface area contributed by atoms with Crippen LogP contribution in [0, 0.1) is 0 Å². The van der Waals surface area contributed by atoms with Crippen LogP contribution in [-0.4, -0.2) is 111 Å². The molecule has 2 saturated heterocycles. The number of anilines is 1. The zero-order chi connectivity index (χ0) is 34.5. The maximum atomic E-state index is 12.3. The molecule has 2 aromatic rings. The highest BCUT2D eigenvalue weighted by atomic mass is 32.2. The summed E-state index contributed by atoms with van der Waals surface area (Å²) in [5.41, 5.74) is 4.68. The number of aldehydes is 1. The number of carbonyl (C=O) groups is 4. The van der Waals surface area contributed by atoms with E-state index in [1.165, 1.54) is 6.20 Å². The number of nitrogens with zero attached hydrogens (tertiary/aromatic N) is 2. The molecule has 0 radical (unpaired) electrons. The van der Waals surface area contributed by atoms with E-state index in [2.05, 4.69) is 36.8 Å². The minimum absolute atomic E-state index is 0.0625. The number of hydrogen-bond acceptors (Lipinski definition) is 11. The third kappa shape index (κ3) is 14.1. The highest BCUT2D eigenvalue weighted by Crippen LogP contribution is 2.33. The number of fused-ring (bicyclic) bond motifs is 1. The molecule has 0 unspecified atom stereocenters. The van der Waals surface area contributed by atoms with Crippen molar-refractivity contribution in [1.82, 2.24) is 26.3 Å². The molecule has 2 aliphatic heterocycles. The van der Waals surface area contributed by atoms with Crippen LogP contribution in [0.4, 0.5) is 10.6 Å². The molecule has 0 saturated carbocycles. The van der Waals surface area contributed by atoms with Crippen molar-refractivity contribution in [2.75, 3.05) is 63.9 Å². The topological polar surface area (TPSA) is 181 Å². The standard InChI is InChI=1S/C34H47N7O7S/c42-23-26-9-7-25(8-10-26)21-38-41-30-12-11-27(22-37-30)33(44)36-14-4-16-47-18-20-48-19-17-46-15-3-13-35-31(43)6-2-1-5-29-32-28(24-49-29)39-34(45)40-32/h7-12,21-23,28-29,32H,1-6,13-20,24H2,(H,35,43)(H,36,44)(H,37,41)(H2,39,40,45)/b38-21+/t28-,29-,32-/m0/s1. The van der Waals surface area contributed by atoms with Crippen LogP contribution in [0.15, 0.2) is 47.7 Å². The van der Waals surface area contributed by atoms with E-state index in [4.69, 9.17) is 14.2 Å². The van der Waals surface area contributed by atoms with Gasteiger partial charge in [0.25, 0.3) is 5.91 Å². The second-order valence-corrected chi connectivity index (χ2v) is 12.9. The average Bonchev–Trinajstić information content (AvgIpc) is 3.67. The number of benzene rings is 1. The minimum atomic E-state index is -0.216. The van der Waals surface area contributed by atoms with Crippen molar-refractivity contribution >= 4 is 47.9 Å². The number of amides is 4. The second kappa shape index (κ2) is 21.8. The van der Waals surface area contributed by atoms with Crippen molar-refractivity contribution in [3.63, 3.8) is 0 Å². The van der Waals surface area contributed by atoms with Crippen LogP contribution in [0.3, 0.4) is 0 Å². The van der Waals surface area contributed by atoms with Gasteiger partial charge in [-0.25, -0.2) is 9.78 Å². The van der Waals surface area contributed by atoms with Gasteiger partial charge in [-0.05, 0) is 43.4 Å². The van der Waals surface area contributed by atoms with Gasteiger partial charge in [0.1, 0.15) is 12.1 Å². The Balaban J connectivity index is 0.881. The van der Waals surface area contributed by atoms with Crippen LogP contribution < -0.4 is 26.7 Å². The summed E-state index contributed by atoms with van der Waals surface area (Å²) < 4.78 is 16.6. The number of urea groups is 1. The molecular weight excluding hydrogens is 650 g/mol. The summed E-state index contributed by atoms with van der Waals surface area (Å²) in [5.74, 6) is 1.31. The Morgan fingerprint density at radius 2 is 1.57 bits per heavy atom. The minimum Gasteiger partial charge on any atom is -0.379 e. The molecule has 4 amide bonds. The van der Waals surface area contributed by atoms with E-state index in [9.17, 15) is 19.2 Å². The van der Waals surface area contributed by atoms with Crippen LogP contribution in [0.5, 0.6) is 0 Å². The monoisotopic (exact) mass is 697 g/mol. The third-order valence-corrected chi connectivity index (χ3v) is 9.36. The number of unbranched alkanes of at least 4 members (excludes halogenated alkanes) is 1. The number of thioether (sulfide) groups is 1. The lowest BCUT2D eigenvalue weighted by Crippen LogP contribution is -2.36. The number of ether oxygens (including phenoxy) is 3. The van der Waals surface area contributed by atoms with Crippen molar-refractivity contribution in [2.24, 2.45) is 5.10 Å². The largest absolute Gasteiger partial charge is 0.379 e. The summed E-state index contributed by atoms with van der Waals surface area (Å²) >= 11 is 1.90. The highest BCUT2D eigenvalue weighted by molar-refractivity contribution is 8.00. The van der Waals surface area contributed by atoms with Gasteiger partial charge >= 0.3 is 6.03 Å². The molecule has 3 heterocycles. The van der Waals surface area contributed by atoms with E-state index in [0.29, 0.717) is 87.8 Å². The Hall–Kier alpha value is -4.05. The number of hydrazone groups is 1. The summed E-state index contributed by atoms with van der Waals surface area (Å²) in [6.45, 7) is 3.98. The fraction of sp³-hybridized carbons (Fsp3) is 0.529. The summed E-state index contributed by atoms with van der Waals surface area (Å²) in [4.78, 5) is 50.8. The molecular formula is C34H47N7O7S. The van der Waals surface area contributed by atoms with Gasteiger partial charge in [0.05, 0.1) is 50.3 Å². The molecule has 4 rings (SSSR count). The normalized spacial score (nSPS) is 18.1. The molecule has 1 aromatic carbocycles. The second-order valence-electron chi connectivity index (χ2n) is 11.6. The van der Waals surface area contributed by atoms with Crippen LogP contribution >= 0.6 is 11.8 Å². The van der Waals surface area contributed by atoms with Crippen LogP contribution in [0.25, 0.3) is 0 Å². The van der Waals surface area contributed by atoms with Crippen LogP contribution in [-0.2, 0) is 19.0 Å². The Kier molecular flexibility index (Phi) is 16.8. The molecule has 0 aliphatic carbocycles.